The Balaban J connectivity index is 1.38. The van der Waals surface area contributed by atoms with Crippen LogP contribution in [0.3, 0.4) is 0 Å². The summed E-state index contributed by atoms with van der Waals surface area (Å²) in [6, 6.07) is 42.0. The van der Waals surface area contributed by atoms with E-state index in [1.807, 2.05) is 11.3 Å². The summed E-state index contributed by atoms with van der Waals surface area (Å²) in [5.41, 5.74) is 14.9. The molecule has 1 aromatic heterocycles. The Hall–Kier alpha value is -4.74. The van der Waals surface area contributed by atoms with Crippen molar-refractivity contribution in [3.8, 4) is 11.1 Å². The van der Waals surface area contributed by atoms with E-state index in [4.69, 9.17) is 4.74 Å². The molecule has 9 rings (SSSR count). The van der Waals surface area contributed by atoms with Crippen LogP contribution in [0.5, 0.6) is 0 Å². The highest BCUT2D eigenvalue weighted by molar-refractivity contribution is 7.18. The first-order chi connectivity index (χ1) is 20.8. The molecule has 42 heavy (non-hydrogen) atoms. The molecule has 3 aliphatic rings. The monoisotopic (exact) mass is 558 g/mol. The number of nitrogens with zero attached hydrogens (tertiary/aromatic N) is 2. The molecule has 200 valence electrons. The average Bonchev–Trinajstić information content (AvgIpc) is 3.68. The van der Waals surface area contributed by atoms with Gasteiger partial charge in [-0.05, 0) is 82.2 Å². The van der Waals surface area contributed by atoms with Gasteiger partial charge in [0.05, 0.1) is 18.0 Å². The molecule has 0 atom stereocenters. The van der Waals surface area contributed by atoms with E-state index in [1.165, 1.54) is 71.8 Å². The molecule has 0 N–H and O–H groups in total. The van der Waals surface area contributed by atoms with Gasteiger partial charge in [0.25, 0.3) is 6.71 Å². The van der Waals surface area contributed by atoms with Crippen LogP contribution in [0.4, 0.5) is 28.4 Å². The lowest BCUT2D eigenvalue weighted by Gasteiger charge is -2.43. The van der Waals surface area contributed by atoms with Gasteiger partial charge in [-0.25, -0.2) is 0 Å². The van der Waals surface area contributed by atoms with E-state index in [0.29, 0.717) is 6.61 Å². The molecule has 6 aromatic rings. The quantitative estimate of drug-likeness (QED) is 0.202. The summed E-state index contributed by atoms with van der Waals surface area (Å²) in [6.07, 6.45) is 0.900. The first-order valence-electron chi connectivity index (χ1n) is 14.6. The Morgan fingerprint density at radius 1 is 0.714 bits per heavy atom. The maximum absolute atomic E-state index is 6.62. The SMILES string of the molecule is Cc1cc2c3c(c1)N(c1ccccc1)c1cc4scc(-c5ccccc5)c4cc1B3C1=C(CCO1)N2c1ccccc1. The second kappa shape index (κ2) is 9.13. The van der Waals surface area contributed by atoms with Gasteiger partial charge in [0.1, 0.15) is 0 Å². The highest BCUT2D eigenvalue weighted by Gasteiger charge is 2.47. The van der Waals surface area contributed by atoms with Crippen LogP contribution >= 0.6 is 11.3 Å². The molecule has 0 saturated carbocycles. The van der Waals surface area contributed by atoms with Crippen molar-refractivity contribution in [2.75, 3.05) is 16.4 Å². The zero-order chi connectivity index (χ0) is 27.8. The van der Waals surface area contributed by atoms with E-state index in [1.54, 1.807) is 0 Å². The minimum atomic E-state index is 0.0379. The van der Waals surface area contributed by atoms with Gasteiger partial charge in [0.15, 0.2) is 0 Å². The van der Waals surface area contributed by atoms with Crippen LogP contribution in [-0.4, -0.2) is 13.3 Å². The number of benzene rings is 5. The molecule has 0 fully saturated rings. The van der Waals surface area contributed by atoms with E-state index in [0.717, 1.165) is 12.1 Å². The molecule has 4 heterocycles. The lowest BCUT2D eigenvalue weighted by Crippen LogP contribution is -2.55. The first kappa shape index (κ1) is 23.9. The van der Waals surface area contributed by atoms with Crippen LogP contribution in [0.2, 0.25) is 0 Å². The fourth-order valence-electron chi connectivity index (χ4n) is 7.14. The van der Waals surface area contributed by atoms with Crippen molar-refractivity contribution in [1.29, 1.82) is 0 Å². The molecular weight excluding hydrogens is 531 g/mol. The highest BCUT2D eigenvalue weighted by atomic mass is 32.1. The van der Waals surface area contributed by atoms with Crippen LogP contribution in [0.15, 0.2) is 132 Å². The molecule has 0 saturated heterocycles. The maximum Gasteiger partial charge on any atom is 0.295 e. The third-order valence-corrected chi connectivity index (χ3v) is 9.80. The molecule has 0 unspecified atom stereocenters. The average molecular weight is 559 g/mol. The van der Waals surface area contributed by atoms with Crippen molar-refractivity contribution in [3.05, 3.63) is 138 Å². The molecule has 0 aliphatic carbocycles. The third kappa shape index (κ3) is 3.41. The predicted octanol–water partition coefficient (Wildman–Crippen LogP) is 8.59. The topological polar surface area (TPSA) is 15.7 Å². The van der Waals surface area contributed by atoms with Crippen LogP contribution in [-0.2, 0) is 4.74 Å². The van der Waals surface area contributed by atoms with E-state index in [2.05, 4.69) is 137 Å². The van der Waals surface area contributed by atoms with Crippen LogP contribution in [0, 0.1) is 6.92 Å². The first-order valence-corrected chi connectivity index (χ1v) is 15.5. The fraction of sp³-hybridized carbons (Fsp3) is 0.0811. The van der Waals surface area contributed by atoms with Crippen LogP contribution < -0.4 is 20.7 Å². The number of ether oxygens (including phenoxy) is 1. The molecule has 0 spiro atoms. The van der Waals surface area contributed by atoms with Crippen LogP contribution in [0.25, 0.3) is 21.2 Å². The number of thiophene rings is 1. The number of fused-ring (bicyclic) bond motifs is 4. The Labute approximate surface area is 250 Å². The van der Waals surface area contributed by atoms with E-state index >= 15 is 0 Å². The summed E-state index contributed by atoms with van der Waals surface area (Å²) in [4.78, 5) is 4.93. The molecule has 3 aliphatic heterocycles. The predicted molar refractivity (Wildman–Crippen MR) is 178 cm³/mol. The van der Waals surface area contributed by atoms with Gasteiger partial charge >= 0.3 is 0 Å². The zero-order valence-corrected chi connectivity index (χ0v) is 24.1. The highest BCUT2D eigenvalue weighted by Crippen LogP contribution is 2.48. The largest absolute Gasteiger partial charge is 0.505 e. The normalized spacial score (nSPS) is 15.0. The van der Waals surface area contributed by atoms with Gasteiger partial charge in [0.2, 0.25) is 0 Å². The molecule has 5 aromatic carbocycles. The number of rotatable bonds is 3. The van der Waals surface area contributed by atoms with Crippen molar-refractivity contribution in [2.24, 2.45) is 0 Å². The van der Waals surface area contributed by atoms with Gasteiger partial charge in [-0.3, -0.25) is 0 Å². The molecule has 5 heteroatoms. The molecule has 0 amide bonds. The summed E-state index contributed by atoms with van der Waals surface area (Å²) in [7, 11) is 0. The second-order valence-corrected chi connectivity index (χ2v) is 12.2. The lowest BCUT2D eigenvalue weighted by molar-refractivity contribution is 0.266. The number of aryl methyl sites for hydroxylation is 1. The zero-order valence-electron chi connectivity index (χ0n) is 23.2. The summed E-state index contributed by atoms with van der Waals surface area (Å²) in [6.45, 7) is 2.97. The number of anilines is 5. The number of para-hydroxylation sites is 2. The third-order valence-electron chi connectivity index (χ3n) is 8.85. The van der Waals surface area contributed by atoms with E-state index in [9.17, 15) is 0 Å². The van der Waals surface area contributed by atoms with Crippen molar-refractivity contribution in [3.63, 3.8) is 0 Å². The molecular formula is C37H27BN2OS. The minimum Gasteiger partial charge on any atom is -0.505 e. The van der Waals surface area contributed by atoms with Crippen molar-refractivity contribution >= 4 is 67.5 Å². The number of hydrogen-bond acceptors (Lipinski definition) is 4. The summed E-state index contributed by atoms with van der Waals surface area (Å²) < 4.78 is 7.92. The van der Waals surface area contributed by atoms with Crippen molar-refractivity contribution < 1.29 is 4.74 Å². The second-order valence-electron chi connectivity index (χ2n) is 11.3. The van der Waals surface area contributed by atoms with Gasteiger partial charge in [0, 0.05) is 45.1 Å². The van der Waals surface area contributed by atoms with Gasteiger partial charge in [-0.15, -0.1) is 11.3 Å². The summed E-state index contributed by atoms with van der Waals surface area (Å²) in [5.74, 6) is 0. The van der Waals surface area contributed by atoms with Gasteiger partial charge in [-0.2, -0.15) is 0 Å². The lowest BCUT2D eigenvalue weighted by atomic mass is 9.35. The van der Waals surface area contributed by atoms with Crippen LogP contribution in [0.1, 0.15) is 12.0 Å². The Morgan fingerprint density at radius 3 is 2.07 bits per heavy atom. The Morgan fingerprint density at radius 2 is 1.36 bits per heavy atom. The van der Waals surface area contributed by atoms with E-state index in [-0.39, 0.29) is 6.71 Å². The van der Waals surface area contributed by atoms with Gasteiger partial charge in [-0.1, -0.05) is 72.8 Å². The van der Waals surface area contributed by atoms with Crippen molar-refractivity contribution in [2.45, 2.75) is 13.3 Å². The Kier molecular flexibility index (Phi) is 5.20. The molecule has 0 bridgehead atoms. The standard InChI is InChI=1S/C37H27BN2OS/c1-24-19-33-36-34(20-24)40(27-15-9-4-10-16-27)32-22-35-28(29(23-42-35)25-11-5-2-6-12-25)21-30(32)38(36)37-31(17-18-41-37)39(33)26-13-7-3-8-14-26/h2-16,19-23H,17-18H2,1H3. The van der Waals surface area contributed by atoms with Gasteiger partial charge < -0.3 is 14.5 Å². The fourth-order valence-corrected chi connectivity index (χ4v) is 8.12. The molecule has 0 radical (unpaired) electrons. The molecule has 3 nitrogen and oxygen atoms in total. The number of hydrogen-bond donors (Lipinski definition) is 0. The summed E-state index contributed by atoms with van der Waals surface area (Å²) >= 11 is 1.83. The summed E-state index contributed by atoms with van der Waals surface area (Å²) in [5, 5.41) is 3.62. The smallest absolute Gasteiger partial charge is 0.295 e. The maximum atomic E-state index is 6.62. The minimum absolute atomic E-state index is 0.0379. The van der Waals surface area contributed by atoms with E-state index < -0.39 is 0 Å². The Bertz CT molecular complexity index is 2040. The van der Waals surface area contributed by atoms with Crippen molar-refractivity contribution in [1.82, 2.24) is 0 Å².